The van der Waals surface area contributed by atoms with Gasteiger partial charge in [0, 0.05) is 43.2 Å². The minimum atomic E-state index is -4.39. The zero-order valence-electron chi connectivity index (χ0n) is 15.0. The fraction of sp³-hybridized carbons (Fsp3) is 0.368. The van der Waals surface area contributed by atoms with Crippen molar-refractivity contribution < 1.29 is 18.0 Å². The number of hydrogen-bond acceptors (Lipinski definition) is 4. The number of halogens is 4. The van der Waals surface area contributed by atoms with Gasteiger partial charge in [0.05, 0.1) is 11.3 Å². The zero-order valence-corrected chi connectivity index (χ0v) is 16.5. The van der Waals surface area contributed by atoms with Gasteiger partial charge in [0.1, 0.15) is 5.82 Å². The molecule has 1 aromatic carbocycles. The second kappa shape index (κ2) is 9.05. The normalized spacial score (nSPS) is 15.0. The number of nitrogens with zero attached hydrogens (tertiary/aromatic N) is 3. The van der Waals surface area contributed by atoms with Gasteiger partial charge in [-0.25, -0.2) is 4.98 Å². The number of rotatable bonds is 5. The molecule has 4 nitrogen and oxygen atoms in total. The average molecular weight is 430 g/mol. The maximum atomic E-state index is 12.6. The van der Waals surface area contributed by atoms with Crippen LogP contribution in [0.4, 0.5) is 19.0 Å². The van der Waals surface area contributed by atoms with Crippen molar-refractivity contribution in [2.75, 3.05) is 36.8 Å². The Labute approximate surface area is 170 Å². The van der Waals surface area contributed by atoms with Gasteiger partial charge in [-0.15, -0.1) is 11.8 Å². The molecule has 0 unspecified atom stereocenters. The van der Waals surface area contributed by atoms with E-state index in [2.05, 4.69) is 4.98 Å². The van der Waals surface area contributed by atoms with E-state index in [1.54, 1.807) is 4.90 Å². The van der Waals surface area contributed by atoms with Crippen LogP contribution in [-0.2, 0) is 16.7 Å². The van der Waals surface area contributed by atoms with Crippen molar-refractivity contribution in [1.82, 2.24) is 9.88 Å². The molecular formula is C19H19ClF3N3OS. The molecule has 28 heavy (non-hydrogen) atoms. The number of alkyl halides is 3. The van der Waals surface area contributed by atoms with Crippen LogP contribution in [0, 0.1) is 0 Å². The molecular weight excluding hydrogens is 411 g/mol. The van der Waals surface area contributed by atoms with Crippen LogP contribution in [0.3, 0.4) is 0 Å². The highest BCUT2D eigenvalue weighted by atomic mass is 35.5. The van der Waals surface area contributed by atoms with Gasteiger partial charge in [-0.05, 0) is 29.8 Å². The SMILES string of the molecule is O=C(CSCc1cccc(Cl)c1)N1CCN(c2ccc(C(F)(F)F)cn2)CC1. The molecule has 3 rings (SSSR count). The van der Waals surface area contributed by atoms with E-state index in [0.717, 1.165) is 17.8 Å². The molecule has 1 aliphatic rings. The van der Waals surface area contributed by atoms with E-state index in [9.17, 15) is 18.0 Å². The highest BCUT2D eigenvalue weighted by Gasteiger charge is 2.31. The first-order chi connectivity index (χ1) is 13.3. The molecule has 150 valence electrons. The van der Waals surface area contributed by atoms with E-state index < -0.39 is 11.7 Å². The van der Waals surface area contributed by atoms with Gasteiger partial charge in [-0.2, -0.15) is 13.2 Å². The molecule has 0 bridgehead atoms. The minimum absolute atomic E-state index is 0.0621. The van der Waals surface area contributed by atoms with Crippen LogP contribution in [0.25, 0.3) is 0 Å². The van der Waals surface area contributed by atoms with Crippen LogP contribution in [0.15, 0.2) is 42.6 Å². The first-order valence-electron chi connectivity index (χ1n) is 8.71. The van der Waals surface area contributed by atoms with E-state index in [-0.39, 0.29) is 5.91 Å². The van der Waals surface area contributed by atoms with Crippen LogP contribution in [0.5, 0.6) is 0 Å². The third-order valence-corrected chi connectivity index (χ3v) is 5.64. The van der Waals surface area contributed by atoms with Gasteiger partial charge in [-0.1, -0.05) is 23.7 Å². The number of pyridine rings is 1. The molecule has 1 aliphatic heterocycles. The van der Waals surface area contributed by atoms with Crippen molar-refractivity contribution in [3.05, 3.63) is 58.7 Å². The topological polar surface area (TPSA) is 36.4 Å². The lowest BCUT2D eigenvalue weighted by Gasteiger charge is -2.35. The molecule has 1 fully saturated rings. The molecule has 0 aliphatic carbocycles. The van der Waals surface area contributed by atoms with Crippen LogP contribution in [0.1, 0.15) is 11.1 Å². The molecule has 0 spiro atoms. The van der Waals surface area contributed by atoms with Crippen molar-refractivity contribution >= 4 is 35.1 Å². The summed E-state index contributed by atoms with van der Waals surface area (Å²) in [5, 5.41) is 0.678. The van der Waals surface area contributed by atoms with Gasteiger partial charge in [0.15, 0.2) is 0 Å². The van der Waals surface area contributed by atoms with E-state index in [0.29, 0.717) is 48.5 Å². The van der Waals surface area contributed by atoms with Crippen LogP contribution in [-0.4, -0.2) is 47.7 Å². The Balaban J connectivity index is 1.45. The Hall–Kier alpha value is -1.93. The maximum absolute atomic E-state index is 12.6. The Morgan fingerprint density at radius 1 is 1.14 bits per heavy atom. The summed E-state index contributed by atoms with van der Waals surface area (Å²) in [6.45, 7) is 2.14. The third kappa shape index (κ3) is 5.54. The standard InChI is InChI=1S/C19H19ClF3N3OS/c20-16-3-1-2-14(10-16)12-28-13-18(27)26-8-6-25(7-9-26)17-5-4-15(11-24-17)19(21,22)23/h1-5,10-11H,6-9,12-13H2. The molecule has 1 amide bonds. The monoisotopic (exact) mass is 429 g/mol. The fourth-order valence-electron chi connectivity index (χ4n) is 2.90. The first kappa shape index (κ1) is 20.8. The predicted molar refractivity (Wildman–Crippen MR) is 106 cm³/mol. The molecule has 2 aromatic rings. The number of thioether (sulfide) groups is 1. The van der Waals surface area contributed by atoms with Crippen molar-refractivity contribution in [2.24, 2.45) is 0 Å². The van der Waals surface area contributed by atoms with Gasteiger partial charge in [0.2, 0.25) is 5.91 Å². The molecule has 1 saturated heterocycles. The lowest BCUT2D eigenvalue weighted by molar-refractivity contribution is -0.137. The molecule has 0 N–H and O–H groups in total. The molecule has 9 heteroatoms. The molecule has 0 saturated carbocycles. The Kier molecular flexibility index (Phi) is 6.72. The van der Waals surface area contributed by atoms with Crippen molar-refractivity contribution in [3.8, 4) is 0 Å². The van der Waals surface area contributed by atoms with Gasteiger partial charge < -0.3 is 9.80 Å². The maximum Gasteiger partial charge on any atom is 0.417 e. The summed E-state index contributed by atoms with van der Waals surface area (Å²) >= 11 is 7.49. The molecule has 1 aromatic heterocycles. The smallest absolute Gasteiger partial charge is 0.353 e. The number of hydrogen-bond donors (Lipinski definition) is 0. The Morgan fingerprint density at radius 2 is 1.89 bits per heavy atom. The largest absolute Gasteiger partial charge is 0.417 e. The van der Waals surface area contributed by atoms with Gasteiger partial charge in [-0.3, -0.25) is 4.79 Å². The van der Waals surface area contributed by atoms with Crippen LogP contribution < -0.4 is 4.90 Å². The molecule has 0 radical (unpaired) electrons. The number of amides is 1. The Bertz CT molecular complexity index is 809. The first-order valence-corrected chi connectivity index (χ1v) is 10.2. The zero-order chi connectivity index (χ0) is 20.1. The number of piperazine rings is 1. The van der Waals surface area contributed by atoms with E-state index >= 15 is 0 Å². The lowest BCUT2D eigenvalue weighted by atomic mass is 10.2. The van der Waals surface area contributed by atoms with Crippen molar-refractivity contribution in [1.29, 1.82) is 0 Å². The van der Waals surface area contributed by atoms with Crippen molar-refractivity contribution in [3.63, 3.8) is 0 Å². The van der Waals surface area contributed by atoms with Crippen LogP contribution in [0.2, 0.25) is 5.02 Å². The van der Waals surface area contributed by atoms with E-state index in [1.165, 1.54) is 17.8 Å². The Morgan fingerprint density at radius 3 is 2.50 bits per heavy atom. The predicted octanol–water partition coefficient (Wildman–Crippen LogP) is 4.34. The summed E-state index contributed by atoms with van der Waals surface area (Å²) < 4.78 is 37.9. The van der Waals surface area contributed by atoms with E-state index in [1.807, 2.05) is 29.2 Å². The number of aromatic nitrogens is 1. The average Bonchev–Trinajstić information content (AvgIpc) is 2.67. The highest BCUT2D eigenvalue weighted by molar-refractivity contribution is 7.99. The minimum Gasteiger partial charge on any atom is -0.353 e. The second-order valence-electron chi connectivity index (χ2n) is 6.39. The number of benzene rings is 1. The number of carbonyl (C=O) groups is 1. The summed E-state index contributed by atoms with van der Waals surface area (Å²) in [5.74, 6) is 1.65. The van der Waals surface area contributed by atoms with Gasteiger partial charge >= 0.3 is 6.18 Å². The fourth-order valence-corrected chi connectivity index (χ4v) is 3.99. The highest BCUT2D eigenvalue weighted by Crippen LogP contribution is 2.29. The number of carbonyl (C=O) groups excluding carboxylic acids is 1. The van der Waals surface area contributed by atoms with Gasteiger partial charge in [0.25, 0.3) is 0 Å². The van der Waals surface area contributed by atoms with Crippen LogP contribution >= 0.6 is 23.4 Å². The summed E-state index contributed by atoms with van der Waals surface area (Å²) in [6.07, 6.45) is -3.54. The quantitative estimate of drug-likeness (QED) is 0.708. The lowest BCUT2D eigenvalue weighted by Crippen LogP contribution is -2.49. The molecule has 0 atom stereocenters. The van der Waals surface area contributed by atoms with E-state index in [4.69, 9.17) is 11.6 Å². The summed E-state index contributed by atoms with van der Waals surface area (Å²) in [7, 11) is 0. The third-order valence-electron chi connectivity index (χ3n) is 4.41. The molecule has 2 heterocycles. The van der Waals surface area contributed by atoms with Crippen molar-refractivity contribution in [2.45, 2.75) is 11.9 Å². The number of anilines is 1. The second-order valence-corrected chi connectivity index (χ2v) is 7.82. The summed E-state index contributed by atoms with van der Waals surface area (Å²) in [6, 6.07) is 9.96. The summed E-state index contributed by atoms with van der Waals surface area (Å²) in [4.78, 5) is 20.0. The summed E-state index contributed by atoms with van der Waals surface area (Å²) in [5.41, 5.74) is 0.310.